The first kappa shape index (κ1) is 18.8. The maximum atomic E-state index is 12.5. The number of aliphatic carboxylic acids is 1. The molecule has 0 aliphatic carbocycles. The van der Waals surface area contributed by atoms with Gasteiger partial charge in [0.1, 0.15) is 11.4 Å². The van der Waals surface area contributed by atoms with Crippen LogP contribution in [0.5, 0.6) is 5.75 Å². The topological polar surface area (TPSA) is 102 Å². The largest absolute Gasteiger partial charge is 0.505 e. The van der Waals surface area contributed by atoms with Crippen LogP contribution in [-0.2, 0) is 11.2 Å². The molecule has 0 saturated carbocycles. The number of carbonyl (C=O) groups excluding carboxylic acids is 1. The summed E-state index contributed by atoms with van der Waals surface area (Å²) >= 11 is 5.96. The van der Waals surface area contributed by atoms with Gasteiger partial charge in [0, 0.05) is 15.9 Å². The zero-order valence-corrected chi connectivity index (χ0v) is 15.4. The van der Waals surface area contributed by atoms with E-state index in [0.717, 1.165) is 10.9 Å². The Kier molecular flexibility index (Phi) is 5.37. The SMILES string of the molecule is C[C@H](CCc1cccc(NC(=O)c2cc3cc(Cl)ccc3[nH]2)c1O)C(=O)O. The highest BCUT2D eigenvalue weighted by Gasteiger charge is 2.16. The molecule has 1 aromatic heterocycles. The standard InChI is InChI=1S/C20H19ClN2O4/c1-11(20(26)27)5-6-12-3-2-4-16(18(12)24)23-19(25)17-10-13-9-14(21)7-8-15(13)22-17/h2-4,7-11,22,24H,5-6H2,1H3,(H,23,25)(H,26,27)/t11-/m1/s1. The van der Waals surface area contributed by atoms with Crippen LogP contribution in [0, 0.1) is 5.92 Å². The van der Waals surface area contributed by atoms with Gasteiger partial charge in [-0.2, -0.15) is 0 Å². The summed E-state index contributed by atoms with van der Waals surface area (Å²) in [4.78, 5) is 26.5. The Morgan fingerprint density at radius 3 is 2.74 bits per heavy atom. The number of carboxylic acids is 1. The van der Waals surface area contributed by atoms with Gasteiger partial charge in [-0.05, 0) is 48.7 Å². The van der Waals surface area contributed by atoms with Crippen LogP contribution in [0.15, 0.2) is 42.5 Å². The summed E-state index contributed by atoms with van der Waals surface area (Å²) in [6, 6.07) is 12.0. The van der Waals surface area contributed by atoms with Crippen LogP contribution >= 0.6 is 11.6 Å². The van der Waals surface area contributed by atoms with Gasteiger partial charge in [0.2, 0.25) is 0 Å². The van der Waals surface area contributed by atoms with E-state index in [1.807, 2.05) is 0 Å². The molecule has 7 heteroatoms. The number of hydrogen-bond donors (Lipinski definition) is 4. The highest BCUT2D eigenvalue weighted by molar-refractivity contribution is 6.31. The van der Waals surface area contributed by atoms with Crippen molar-refractivity contribution in [3.63, 3.8) is 0 Å². The van der Waals surface area contributed by atoms with Gasteiger partial charge in [-0.3, -0.25) is 9.59 Å². The van der Waals surface area contributed by atoms with Crippen molar-refractivity contribution in [1.29, 1.82) is 0 Å². The molecule has 0 unspecified atom stereocenters. The summed E-state index contributed by atoms with van der Waals surface area (Å²) in [5.74, 6) is -1.84. The molecule has 1 heterocycles. The first-order valence-corrected chi connectivity index (χ1v) is 8.86. The van der Waals surface area contributed by atoms with Gasteiger partial charge in [-0.25, -0.2) is 0 Å². The number of aromatic hydroxyl groups is 1. The lowest BCUT2D eigenvalue weighted by atomic mass is 10.00. The fourth-order valence-electron chi connectivity index (χ4n) is 2.80. The Labute approximate surface area is 160 Å². The smallest absolute Gasteiger partial charge is 0.306 e. The van der Waals surface area contributed by atoms with Crippen molar-refractivity contribution in [2.45, 2.75) is 19.8 Å². The maximum Gasteiger partial charge on any atom is 0.306 e. The van der Waals surface area contributed by atoms with E-state index in [0.29, 0.717) is 29.1 Å². The Bertz CT molecular complexity index is 1010. The number of anilines is 1. The molecule has 0 bridgehead atoms. The summed E-state index contributed by atoms with van der Waals surface area (Å²) in [5.41, 5.74) is 1.99. The monoisotopic (exact) mass is 386 g/mol. The number of phenols is 1. The highest BCUT2D eigenvalue weighted by atomic mass is 35.5. The van der Waals surface area contributed by atoms with Crippen molar-refractivity contribution >= 4 is 40.1 Å². The second-order valence-corrected chi connectivity index (χ2v) is 6.90. The van der Waals surface area contributed by atoms with Crippen molar-refractivity contribution < 1.29 is 19.8 Å². The third-order valence-electron chi connectivity index (χ3n) is 4.46. The molecule has 6 nitrogen and oxygen atoms in total. The van der Waals surface area contributed by atoms with Crippen LogP contribution in [0.1, 0.15) is 29.4 Å². The molecule has 27 heavy (non-hydrogen) atoms. The summed E-state index contributed by atoms with van der Waals surface area (Å²) in [6.07, 6.45) is 0.789. The number of rotatable bonds is 6. The van der Waals surface area contributed by atoms with Crippen LogP contribution < -0.4 is 5.32 Å². The van der Waals surface area contributed by atoms with Crippen LogP contribution in [0.4, 0.5) is 5.69 Å². The molecule has 1 amide bonds. The number of nitrogens with one attached hydrogen (secondary N) is 2. The lowest BCUT2D eigenvalue weighted by Crippen LogP contribution is -2.13. The van der Waals surface area contributed by atoms with Crippen LogP contribution in [0.2, 0.25) is 5.02 Å². The molecular weight excluding hydrogens is 368 g/mol. The Morgan fingerprint density at radius 2 is 2.00 bits per heavy atom. The van der Waals surface area contributed by atoms with Gasteiger partial charge in [-0.15, -0.1) is 0 Å². The molecule has 0 spiro atoms. The summed E-state index contributed by atoms with van der Waals surface area (Å²) < 4.78 is 0. The zero-order chi connectivity index (χ0) is 19.6. The molecule has 0 aliphatic heterocycles. The zero-order valence-electron chi connectivity index (χ0n) is 14.6. The second-order valence-electron chi connectivity index (χ2n) is 6.46. The van der Waals surface area contributed by atoms with E-state index in [-0.39, 0.29) is 11.4 Å². The molecule has 2 aromatic carbocycles. The van der Waals surface area contributed by atoms with E-state index in [4.69, 9.17) is 16.7 Å². The third kappa shape index (κ3) is 4.23. The number of H-pyrrole nitrogens is 1. The minimum Gasteiger partial charge on any atom is -0.505 e. The number of halogens is 1. The fraction of sp³-hybridized carbons (Fsp3) is 0.200. The van der Waals surface area contributed by atoms with E-state index in [2.05, 4.69) is 10.3 Å². The van der Waals surface area contributed by atoms with Gasteiger partial charge in [0.25, 0.3) is 5.91 Å². The lowest BCUT2D eigenvalue weighted by Gasteiger charge is -2.12. The number of para-hydroxylation sites is 1. The lowest BCUT2D eigenvalue weighted by molar-refractivity contribution is -0.141. The van der Waals surface area contributed by atoms with E-state index < -0.39 is 17.8 Å². The molecule has 4 N–H and O–H groups in total. The van der Waals surface area contributed by atoms with Crippen molar-refractivity contribution in [3.05, 3.63) is 58.7 Å². The van der Waals surface area contributed by atoms with Crippen molar-refractivity contribution in [1.82, 2.24) is 4.98 Å². The molecule has 0 fully saturated rings. The molecule has 1 atom stereocenters. The fourth-order valence-corrected chi connectivity index (χ4v) is 2.99. The molecule has 3 rings (SSSR count). The van der Waals surface area contributed by atoms with E-state index in [1.165, 1.54) is 0 Å². The summed E-state index contributed by atoms with van der Waals surface area (Å²) in [6.45, 7) is 1.62. The number of phenolic OH excluding ortho intramolecular Hbond substituents is 1. The first-order valence-electron chi connectivity index (χ1n) is 8.48. The van der Waals surface area contributed by atoms with Crippen LogP contribution in [-0.4, -0.2) is 27.1 Å². The average molecular weight is 387 g/mol. The molecule has 0 saturated heterocycles. The number of fused-ring (bicyclic) bond motifs is 1. The molecular formula is C20H19ClN2O4. The number of aromatic amines is 1. The number of aromatic nitrogens is 1. The predicted molar refractivity (Wildman–Crippen MR) is 104 cm³/mol. The minimum absolute atomic E-state index is 0.0532. The highest BCUT2D eigenvalue weighted by Crippen LogP contribution is 2.30. The van der Waals surface area contributed by atoms with E-state index >= 15 is 0 Å². The van der Waals surface area contributed by atoms with Gasteiger partial charge >= 0.3 is 5.97 Å². The Balaban J connectivity index is 1.77. The van der Waals surface area contributed by atoms with E-state index in [9.17, 15) is 14.7 Å². The Morgan fingerprint density at radius 1 is 1.22 bits per heavy atom. The minimum atomic E-state index is -0.877. The van der Waals surface area contributed by atoms with Gasteiger partial charge in [0.05, 0.1) is 11.6 Å². The predicted octanol–water partition coefficient (Wildman–Crippen LogP) is 4.43. The van der Waals surface area contributed by atoms with Gasteiger partial charge in [-0.1, -0.05) is 30.7 Å². The number of benzene rings is 2. The molecule has 140 valence electrons. The maximum absolute atomic E-state index is 12.5. The molecule has 0 radical (unpaired) electrons. The van der Waals surface area contributed by atoms with Crippen molar-refractivity contribution in [3.8, 4) is 5.75 Å². The number of carbonyl (C=O) groups is 2. The molecule has 3 aromatic rings. The number of hydrogen-bond acceptors (Lipinski definition) is 3. The summed E-state index contributed by atoms with van der Waals surface area (Å²) in [5, 5.41) is 23.5. The summed E-state index contributed by atoms with van der Waals surface area (Å²) in [7, 11) is 0. The first-order chi connectivity index (χ1) is 12.8. The van der Waals surface area contributed by atoms with Gasteiger partial charge in [0.15, 0.2) is 0 Å². The van der Waals surface area contributed by atoms with Crippen LogP contribution in [0.3, 0.4) is 0 Å². The quantitative estimate of drug-likeness (QED) is 0.470. The average Bonchev–Trinajstić information content (AvgIpc) is 3.05. The third-order valence-corrected chi connectivity index (χ3v) is 4.70. The van der Waals surface area contributed by atoms with Gasteiger partial charge < -0.3 is 20.5 Å². The van der Waals surface area contributed by atoms with Crippen LogP contribution in [0.25, 0.3) is 10.9 Å². The Hall–Kier alpha value is -2.99. The number of aryl methyl sites for hydroxylation is 1. The number of carboxylic acid groups (broad SMARTS) is 1. The number of amides is 1. The van der Waals surface area contributed by atoms with Crippen molar-refractivity contribution in [2.75, 3.05) is 5.32 Å². The van der Waals surface area contributed by atoms with Crippen molar-refractivity contribution in [2.24, 2.45) is 5.92 Å². The van der Waals surface area contributed by atoms with E-state index in [1.54, 1.807) is 49.4 Å². The normalized spacial score (nSPS) is 12.1. The second kappa shape index (κ2) is 7.72. The molecule has 0 aliphatic rings.